The second kappa shape index (κ2) is 8.93. The van der Waals surface area contributed by atoms with Crippen molar-refractivity contribution in [2.45, 2.75) is 20.0 Å². The molecule has 0 fully saturated rings. The zero-order valence-electron chi connectivity index (χ0n) is 21.4. The Morgan fingerprint density at radius 3 is 2.11 bits per heavy atom. The van der Waals surface area contributed by atoms with Crippen LogP contribution in [0.25, 0.3) is 27.8 Å². The van der Waals surface area contributed by atoms with E-state index in [4.69, 9.17) is 4.42 Å². The first-order chi connectivity index (χ1) is 18.7. The standard InChI is InChI=1S/C34H27N3O/c1-23-21-31-29(28-19-12-20-35-33(28)38-31)22-30(23)36-24(2)32(25-13-6-3-7-14-25)37(27-17-10-5-11-18-27)34(36)26-15-8-4-9-16-26/h3-22,34H,1-2H3. The van der Waals surface area contributed by atoms with E-state index in [0.717, 1.165) is 33.3 Å². The predicted molar refractivity (Wildman–Crippen MR) is 156 cm³/mol. The molecule has 2 aromatic heterocycles. The van der Waals surface area contributed by atoms with Gasteiger partial charge in [-0.15, -0.1) is 0 Å². The van der Waals surface area contributed by atoms with Gasteiger partial charge < -0.3 is 14.2 Å². The summed E-state index contributed by atoms with van der Waals surface area (Å²) < 4.78 is 6.12. The van der Waals surface area contributed by atoms with Gasteiger partial charge in [0.2, 0.25) is 5.71 Å². The van der Waals surface area contributed by atoms with Crippen molar-refractivity contribution in [3.8, 4) is 0 Å². The number of nitrogens with zero attached hydrogens (tertiary/aromatic N) is 3. The van der Waals surface area contributed by atoms with E-state index in [2.05, 4.69) is 138 Å². The first-order valence-corrected chi connectivity index (χ1v) is 12.9. The van der Waals surface area contributed by atoms with Gasteiger partial charge in [0.15, 0.2) is 0 Å². The van der Waals surface area contributed by atoms with E-state index in [1.807, 2.05) is 6.07 Å². The van der Waals surface area contributed by atoms with Crippen LogP contribution in [0.3, 0.4) is 0 Å². The lowest BCUT2D eigenvalue weighted by Crippen LogP contribution is -2.33. The van der Waals surface area contributed by atoms with Gasteiger partial charge in [0.05, 0.1) is 5.70 Å². The van der Waals surface area contributed by atoms with Crippen LogP contribution in [-0.2, 0) is 0 Å². The number of aromatic nitrogens is 1. The molecule has 0 N–H and O–H groups in total. The number of fused-ring (bicyclic) bond motifs is 3. The highest BCUT2D eigenvalue weighted by Crippen LogP contribution is 2.50. The van der Waals surface area contributed by atoms with Gasteiger partial charge in [-0.05, 0) is 66.9 Å². The van der Waals surface area contributed by atoms with Crippen molar-refractivity contribution in [2.24, 2.45) is 0 Å². The van der Waals surface area contributed by atoms with Crippen molar-refractivity contribution in [3.05, 3.63) is 144 Å². The lowest BCUT2D eigenvalue weighted by molar-refractivity contribution is 0.653. The zero-order chi connectivity index (χ0) is 25.6. The summed E-state index contributed by atoms with van der Waals surface area (Å²) in [7, 11) is 0. The van der Waals surface area contributed by atoms with Crippen LogP contribution >= 0.6 is 0 Å². The summed E-state index contributed by atoms with van der Waals surface area (Å²) in [6.45, 7) is 4.40. The number of hydrogen-bond acceptors (Lipinski definition) is 4. The van der Waals surface area contributed by atoms with Crippen LogP contribution in [-0.4, -0.2) is 4.98 Å². The van der Waals surface area contributed by atoms with E-state index in [1.165, 1.54) is 22.5 Å². The van der Waals surface area contributed by atoms with Crippen LogP contribution in [0.15, 0.2) is 132 Å². The van der Waals surface area contributed by atoms with Crippen molar-refractivity contribution >= 4 is 39.1 Å². The first-order valence-electron chi connectivity index (χ1n) is 12.9. The Labute approximate surface area is 222 Å². The summed E-state index contributed by atoms with van der Waals surface area (Å²) in [6, 6.07) is 40.6. The molecule has 3 heterocycles. The van der Waals surface area contributed by atoms with Crippen molar-refractivity contribution in [1.29, 1.82) is 0 Å². The summed E-state index contributed by atoms with van der Waals surface area (Å²) in [6.07, 6.45) is 1.71. The number of rotatable bonds is 4. The van der Waals surface area contributed by atoms with E-state index < -0.39 is 0 Å². The molecule has 6 aromatic rings. The van der Waals surface area contributed by atoms with Crippen LogP contribution in [0.2, 0.25) is 0 Å². The van der Waals surface area contributed by atoms with Gasteiger partial charge in [0, 0.05) is 34.0 Å². The molecular formula is C34H27N3O. The fourth-order valence-electron chi connectivity index (χ4n) is 5.75. The van der Waals surface area contributed by atoms with E-state index in [9.17, 15) is 0 Å². The van der Waals surface area contributed by atoms with Gasteiger partial charge in [-0.25, -0.2) is 4.98 Å². The Morgan fingerprint density at radius 1 is 0.684 bits per heavy atom. The van der Waals surface area contributed by atoms with Crippen molar-refractivity contribution in [3.63, 3.8) is 0 Å². The number of hydrogen-bond donors (Lipinski definition) is 0. The molecule has 184 valence electrons. The molecule has 0 saturated carbocycles. The maximum Gasteiger partial charge on any atom is 0.227 e. The molecule has 4 heteroatoms. The zero-order valence-corrected chi connectivity index (χ0v) is 21.4. The Morgan fingerprint density at radius 2 is 1.37 bits per heavy atom. The molecule has 0 aliphatic carbocycles. The Balaban J connectivity index is 1.53. The highest BCUT2D eigenvalue weighted by Gasteiger charge is 2.40. The molecule has 4 aromatic carbocycles. The highest BCUT2D eigenvalue weighted by atomic mass is 16.3. The van der Waals surface area contributed by atoms with E-state index in [-0.39, 0.29) is 6.17 Å². The average molecular weight is 494 g/mol. The molecule has 38 heavy (non-hydrogen) atoms. The van der Waals surface area contributed by atoms with E-state index >= 15 is 0 Å². The highest BCUT2D eigenvalue weighted by molar-refractivity contribution is 6.05. The van der Waals surface area contributed by atoms with Gasteiger partial charge in [-0.1, -0.05) is 78.9 Å². The molecule has 4 nitrogen and oxygen atoms in total. The number of aryl methyl sites for hydroxylation is 1. The molecule has 1 atom stereocenters. The fraction of sp³-hybridized carbons (Fsp3) is 0.0882. The van der Waals surface area contributed by atoms with Gasteiger partial charge in [-0.2, -0.15) is 0 Å². The first kappa shape index (κ1) is 22.4. The molecule has 0 radical (unpaired) electrons. The summed E-state index contributed by atoms with van der Waals surface area (Å²) in [4.78, 5) is 9.41. The minimum Gasteiger partial charge on any atom is -0.438 e. The average Bonchev–Trinajstić information content (AvgIpc) is 3.48. The number of pyridine rings is 1. The number of benzene rings is 4. The molecule has 0 spiro atoms. The molecule has 1 unspecified atom stereocenters. The Bertz CT molecular complexity index is 1790. The van der Waals surface area contributed by atoms with Crippen molar-refractivity contribution in [2.75, 3.05) is 9.80 Å². The molecule has 0 amide bonds. The SMILES string of the molecule is CC1=C(c2ccccc2)N(c2ccccc2)C(c2ccccc2)N1c1cc2c(cc1C)oc1ncccc12. The fourth-order valence-corrected chi connectivity index (χ4v) is 5.75. The number of furan rings is 1. The third kappa shape index (κ3) is 3.49. The Hall–Kier alpha value is -4.83. The summed E-state index contributed by atoms with van der Waals surface area (Å²) in [5, 5.41) is 2.11. The quantitative estimate of drug-likeness (QED) is 0.246. The molecule has 1 aliphatic heterocycles. The van der Waals surface area contributed by atoms with Crippen molar-refractivity contribution in [1.82, 2.24) is 4.98 Å². The lowest BCUT2D eigenvalue weighted by atomic mass is 10.1. The molecule has 0 bridgehead atoms. The van der Waals surface area contributed by atoms with Crippen LogP contribution in [0.1, 0.15) is 29.8 Å². The smallest absolute Gasteiger partial charge is 0.227 e. The van der Waals surface area contributed by atoms with E-state index in [1.54, 1.807) is 6.20 Å². The predicted octanol–water partition coefficient (Wildman–Crippen LogP) is 8.70. The molecule has 1 aliphatic rings. The summed E-state index contributed by atoms with van der Waals surface area (Å²) >= 11 is 0. The van der Waals surface area contributed by atoms with E-state index in [0.29, 0.717) is 5.71 Å². The molecule has 7 rings (SSSR count). The second-order valence-corrected chi connectivity index (χ2v) is 9.75. The maximum atomic E-state index is 6.12. The van der Waals surface area contributed by atoms with Gasteiger partial charge in [0.25, 0.3) is 0 Å². The minimum atomic E-state index is -0.0683. The van der Waals surface area contributed by atoms with Gasteiger partial charge in [0.1, 0.15) is 11.7 Å². The number of anilines is 2. The van der Waals surface area contributed by atoms with Crippen LogP contribution in [0.4, 0.5) is 11.4 Å². The number of para-hydroxylation sites is 1. The summed E-state index contributed by atoms with van der Waals surface area (Å²) in [5.74, 6) is 0. The Kier molecular flexibility index (Phi) is 5.26. The molecule has 0 saturated heterocycles. The third-order valence-corrected chi connectivity index (χ3v) is 7.44. The lowest BCUT2D eigenvalue weighted by Gasteiger charge is -2.36. The largest absolute Gasteiger partial charge is 0.438 e. The minimum absolute atomic E-state index is 0.0683. The second-order valence-electron chi connectivity index (χ2n) is 9.75. The van der Waals surface area contributed by atoms with Crippen molar-refractivity contribution < 1.29 is 4.42 Å². The maximum absolute atomic E-state index is 6.12. The van der Waals surface area contributed by atoms with Crippen LogP contribution < -0.4 is 9.80 Å². The van der Waals surface area contributed by atoms with Gasteiger partial charge in [-0.3, -0.25) is 0 Å². The van der Waals surface area contributed by atoms with Crippen LogP contribution in [0.5, 0.6) is 0 Å². The third-order valence-electron chi connectivity index (χ3n) is 7.44. The number of allylic oxidation sites excluding steroid dienone is 1. The monoisotopic (exact) mass is 493 g/mol. The summed E-state index contributed by atoms with van der Waals surface area (Å²) in [5.41, 5.74) is 9.80. The van der Waals surface area contributed by atoms with Gasteiger partial charge >= 0.3 is 0 Å². The molecular weight excluding hydrogens is 466 g/mol. The van der Waals surface area contributed by atoms with Crippen LogP contribution in [0, 0.1) is 6.92 Å². The normalized spacial score (nSPS) is 15.7. The topological polar surface area (TPSA) is 32.5 Å².